The van der Waals surface area contributed by atoms with Crippen molar-refractivity contribution >= 4 is 44.8 Å². The van der Waals surface area contributed by atoms with Crippen molar-refractivity contribution in [2.75, 3.05) is 17.3 Å². The van der Waals surface area contributed by atoms with E-state index in [1.807, 2.05) is 24.3 Å². The fraction of sp³-hybridized carbons (Fsp3) is 0.211. The van der Waals surface area contributed by atoms with Gasteiger partial charge in [0.15, 0.2) is 15.7 Å². The van der Waals surface area contributed by atoms with Crippen LogP contribution in [-0.2, 0) is 21.1 Å². The maximum atomic E-state index is 12.2. The van der Waals surface area contributed by atoms with Gasteiger partial charge in [0, 0.05) is 11.8 Å². The summed E-state index contributed by atoms with van der Waals surface area (Å²) in [5, 5.41) is 10.3. The van der Waals surface area contributed by atoms with Crippen molar-refractivity contribution in [3.63, 3.8) is 0 Å². The molecule has 2 N–H and O–H groups in total. The second kappa shape index (κ2) is 8.98. The van der Waals surface area contributed by atoms with E-state index in [0.717, 1.165) is 30.0 Å². The molecule has 152 valence electrons. The molecule has 29 heavy (non-hydrogen) atoms. The van der Waals surface area contributed by atoms with Gasteiger partial charge < -0.3 is 5.32 Å². The van der Waals surface area contributed by atoms with Gasteiger partial charge in [0.05, 0.1) is 21.4 Å². The van der Waals surface area contributed by atoms with E-state index < -0.39 is 9.84 Å². The molecule has 2 aromatic carbocycles. The molecule has 0 bridgehead atoms. The minimum Gasteiger partial charge on any atom is -0.324 e. The lowest BCUT2D eigenvalue weighted by molar-refractivity contribution is -0.113. The Morgan fingerprint density at radius 2 is 1.93 bits per heavy atom. The molecular weight excluding hydrogens is 432 g/mol. The van der Waals surface area contributed by atoms with Gasteiger partial charge >= 0.3 is 0 Å². The van der Waals surface area contributed by atoms with Gasteiger partial charge in [-0.3, -0.25) is 9.89 Å². The van der Waals surface area contributed by atoms with Crippen LogP contribution in [0.3, 0.4) is 0 Å². The molecule has 0 saturated heterocycles. The quantitative estimate of drug-likeness (QED) is 0.530. The number of carbonyl (C=O) groups excluding carboxylic acids is 1. The van der Waals surface area contributed by atoms with Crippen LogP contribution < -0.4 is 5.32 Å². The molecule has 0 fully saturated rings. The maximum Gasteiger partial charge on any atom is 0.234 e. The first kappa shape index (κ1) is 21.4. The van der Waals surface area contributed by atoms with Gasteiger partial charge in [-0.15, -0.1) is 5.10 Å². The molecule has 3 rings (SSSR count). The fourth-order valence-electron chi connectivity index (χ4n) is 2.49. The number of thioether (sulfide) groups is 1. The Kier molecular flexibility index (Phi) is 6.61. The van der Waals surface area contributed by atoms with E-state index in [1.54, 1.807) is 0 Å². The molecule has 1 amide bonds. The van der Waals surface area contributed by atoms with Crippen molar-refractivity contribution in [1.29, 1.82) is 0 Å². The number of amides is 1. The van der Waals surface area contributed by atoms with Gasteiger partial charge in [-0.1, -0.05) is 54.6 Å². The number of nitrogens with zero attached hydrogens (tertiary/aromatic N) is 2. The second-order valence-electron chi connectivity index (χ2n) is 6.27. The SMILES string of the molecule is CCc1ccc(-c2nc(SCC(=O)Nc3cc(S(C)(=O)=O)ccc3Cl)n[nH]2)cc1. The van der Waals surface area contributed by atoms with Crippen LogP contribution in [0.25, 0.3) is 11.4 Å². The van der Waals surface area contributed by atoms with Gasteiger partial charge in [-0.2, -0.15) is 0 Å². The van der Waals surface area contributed by atoms with E-state index in [9.17, 15) is 13.2 Å². The first-order valence-electron chi connectivity index (χ1n) is 8.70. The lowest BCUT2D eigenvalue weighted by atomic mass is 10.1. The van der Waals surface area contributed by atoms with E-state index in [1.165, 1.54) is 23.8 Å². The summed E-state index contributed by atoms with van der Waals surface area (Å²) in [7, 11) is -3.40. The number of benzene rings is 2. The molecule has 0 saturated carbocycles. The zero-order chi connectivity index (χ0) is 21.0. The number of aryl methyl sites for hydroxylation is 1. The van der Waals surface area contributed by atoms with Crippen molar-refractivity contribution in [2.24, 2.45) is 0 Å². The van der Waals surface area contributed by atoms with Crippen LogP contribution in [0.5, 0.6) is 0 Å². The zero-order valence-electron chi connectivity index (χ0n) is 15.8. The number of anilines is 1. The topological polar surface area (TPSA) is 105 Å². The molecule has 0 aliphatic rings. The summed E-state index contributed by atoms with van der Waals surface area (Å²) in [5.74, 6) is 0.326. The largest absolute Gasteiger partial charge is 0.324 e. The molecule has 7 nitrogen and oxygen atoms in total. The number of aromatic nitrogens is 3. The highest BCUT2D eigenvalue weighted by Crippen LogP contribution is 2.26. The molecule has 0 unspecified atom stereocenters. The molecule has 0 atom stereocenters. The lowest BCUT2D eigenvalue weighted by Crippen LogP contribution is -2.15. The minimum atomic E-state index is -3.40. The lowest BCUT2D eigenvalue weighted by Gasteiger charge is -2.08. The average Bonchev–Trinajstić information content (AvgIpc) is 3.16. The van der Waals surface area contributed by atoms with Crippen LogP contribution in [0.15, 0.2) is 52.5 Å². The van der Waals surface area contributed by atoms with E-state index in [-0.39, 0.29) is 27.3 Å². The van der Waals surface area contributed by atoms with Crippen LogP contribution in [0, 0.1) is 0 Å². The van der Waals surface area contributed by atoms with Crippen LogP contribution in [-0.4, -0.2) is 41.5 Å². The summed E-state index contributed by atoms with van der Waals surface area (Å²) in [6.07, 6.45) is 2.05. The smallest absolute Gasteiger partial charge is 0.234 e. The van der Waals surface area contributed by atoms with Crippen molar-refractivity contribution < 1.29 is 13.2 Å². The molecule has 1 heterocycles. The Morgan fingerprint density at radius 3 is 2.59 bits per heavy atom. The average molecular weight is 451 g/mol. The van der Waals surface area contributed by atoms with E-state index in [0.29, 0.717) is 11.0 Å². The third-order valence-corrected chi connectivity index (χ3v) is 6.36. The fourth-order valence-corrected chi connectivity index (χ4v) is 3.90. The number of nitrogens with one attached hydrogen (secondary N) is 2. The highest BCUT2D eigenvalue weighted by molar-refractivity contribution is 7.99. The van der Waals surface area contributed by atoms with Crippen molar-refractivity contribution in [2.45, 2.75) is 23.4 Å². The Hall–Kier alpha value is -2.36. The molecular formula is C19H19ClN4O3S2. The number of rotatable bonds is 7. The zero-order valence-corrected chi connectivity index (χ0v) is 18.2. The number of H-pyrrole nitrogens is 1. The summed E-state index contributed by atoms with van der Waals surface area (Å²) >= 11 is 7.21. The molecule has 3 aromatic rings. The Morgan fingerprint density at radius 1 is 1.21 bits per heavy atom. The first-order chi connectivity index (χ1) is 13.8. The van der Waals surface area contributed by atoms with Crippen molar-refractivity contribution in [3.8, 4) is 11.4 Å². The van der Waals surface area contributed by atoms with E-state index >= 15 is 0 Å². The maximum absolute atomic E-state index is 12.2. The number of carbonyl (C=O) groups is 1. The molecule has 0 spiro atoms. The van der Waals surface area contributed by atoms with E-state index in [2.05, 4.69) is 27.4 Å². The summed E-state index contributed by atoms with van der Waals surface area (Å²) in [4.78, 5) is 16.7. The first-order valence-corrected chi connectivity index (χ1v) is 12.0. The third-order valence-electron chi connectivity index (χ3n) is 4.07. The van der Waals surface area contributed by atoms with Gasteiger partial charge in [0.2, 0.25) is 11.1 Å². The Labute approximate surface area is 178 Å². The van der Waals surface area contributed by atoms with Crippen molar-refractivity contribution in [1.82, 2.24) is 15.2 Å². The number of hydrogen-bond acceptors (Lipinski definition) is 6. The summed E-state index contributed by atoms with van der Waals surface area (Å²) in [6, 6.07) is 12.2. The summed E-state index contributed by atoms with van der Waals surface area (Å²) in [6.45, 7) is 2.09. The molecule has 0 radical (unpaired) electrons. The molecule has 0 aliphatic heterocycles. The van der Waals surface area contributed by atoms with Crippen LogP contribution in [0.2, 0.25) is 5.02 Å². The van der Waals surface area contributed by atoms with Crippen LogP contribution >= 0.6 is 23.4 Å². The van der Waals surface area contributed by atoms with Gasteiger partial charge in [0.1, 0.15) is 0 Å². The van der Waals surface area contributed by atoms with Crippen molar-refractivity contribution in [3.05, 3.63) is 53.1 Å². The van der Waals surface area contributed by atoms with E-state index in [4.69, 9.17) is 11.6 Å². The molecule has 10 heteroatoms. The third kappa shape index (κ3) is 5.59. The number of aromatic amines is 1. The number of halogens is 1. The second-order valence-corrected chi connectivity index (χ2v) is 9.63. The standard InChI is InChI=1S/C19H19ClN4O3S2/c1-3-12-4-6-13(7-5-12)18-22-19(24-23-18)28-11-17(25)21-16-10-14(29(2,26)27)8-9-15(16)20/h4-10H,3,11H2,1-2H3,(H,21,25)(H,22,23,24). The predicted molar refractivity (Wildman–Crippen MR) is 115 cm³/mol. The summed E-state index contributed by atoms with van der Waals surface area (Å²) < 4.78 is 23.3. The number of sulfone groups is 1. The monoisotopic (exact) mass is 450 g/mol. The Bertz CT molecular complexity index is 1130. The van der Waals surface area contributed by atoms with Gasteiger partial charge in [0.25, 0.3) is 0 Å². The predicted octanol–water partition coefficient (Wildman–Crippen LogP) is 3.82. The molecule has 1 aromatic heterocycles. The minimum absolute atomic E-state index is 0.0471. The Balaban J connectivity index is 1.62. The van der Waals surface area contributed by atoms with Crippen LogP contribution in [0.1, 0.15) is 12.5 Å². The summed E-state index contributed by atoms with van der Waals surface area (Å²) in [5.41, 5.74) is 2.39. The normalized spacial score (nSPS) is 11.4. The number of hydrogen-bond donors (Lipinski definition) is 2. The highest BCUT2D eigenvalue weighted by Gasteiger charge is 2.14. The molecule has 0 aliphatic carbocycles. The van der Waals surface area contributed by atoms with Crippen LogP contribution in [0.4, 0.5) is 5.69 Å². The van der Waals surface area contributed by atoms with Gasteiger partial charge in [-0.05, 0) is 30.2 Å². The highest BCUT2D eigenvalue weighted by atomic mass is 35.5. The van der Waals surface area contributed by atoms with Gasteiger partial charge in [-0.25, -0.2) is 13.4 Å².